The van der Waals surface area contributed by atoms with Gasteiger partial charge in [0.15, 0.2) is 5.96 Å². The molecule has 112 valence electrons. The number of ether oxygens (including phenoxy) is 1. The molecule has 0 aromatic rings. The lowest BCUT2D eigenvalue weighted by Gasteiger charge is -2.30. The Labute approximate surface area is 116 Å². The Morgan fingerprint density at radius 3 is 2.58 bits per heavy atom. The summed E-state index contributed by atoms with van der Waals surface area (Å²) in [4.78, 5) is 4.50. The van der Waals surface area contributed by atoms with E-state index < -0.39 is 5.60 Å². The highest BCUT2D eigenvalue weighted by Crippen LogP contribution is 2.28. The molecule has 0 bridgehead atoms. The van der Waals surface area contributed by atoms with Gasteiger partial charge in [-0.2, -0.15) is 0 Å². The molecule has 0 saturated heterocycles. The predicted molar refractivity (Wildman–Crippen MR) is 78.5 cm³/mol. The fraction of sp³-hybridized carbons (Fsp3) is 0.929. The minimum absolute atomic E-state index is 0.483. The summed E-state index contributed by atoms with van der Waals surface area (Å²) in [5, 5.41) is 16.8. The molecular weight excluding hydrogens is 242 g/mol. The van der Waals surface area contributed by atoms with E-state index in [0.29, 0.717) is 13.2 Å². The molecular formula is C14H29N3O2. The Hall–Kier alpha value is -0.810. The van der Waals surface area contributed by atoms with Crippen molar-refractivity contribution in [3.8, 4) is 0 Å². The molecule has 1 fully saturated rings. The molecule has 19 heavy (non-hydrogen) atoms. The van der Waals surface area contributed by atoms with Crippen molar-refractivity contribution in [1.29, 1.82) is 0 Å². The van der Waals surface area contributed by atoms with E-state index in [4.69, 9.17) is 4.74 Å². The third kappa shape index (κ3) is 6.78. The van der Waals surface area contributed by atoms with Crippen molar-refractivity contribution in [2.24, 2.45) is 4.99 Å². The topological polar surface area (TPSA) is 65.9 Å². The van der Waals surface area contributed by atoms with E-state index in [2.05, 4.69) is 15.6 Å². The van der Waals surface area contributed by atoms with Crippen molar-refractivity contribution in [3.05, 3.63) is 0 Å². The minimum atomic E-state index is -0.597. The highest BCUT2D eigenvalue weighted by Gasteiger charge is 2.28. The molecule has 1 rings (SSSR count). The molecule has 0 spiro atoms. The molecule has 1 aliphatic carbocycles. The van der Waals surface area contributed by atoms with Gasteiger partial charge in [-0.3, -0.25) is 4.99 Å². The summed E-state index contributed by atoms with van der Waals surface area (Å²) < 4.78 is 5.28. The Balaban J connectivity index is 2.38. The van der Waals surface area contributed by atoms with Crippen molar-refractivity contribution in [3.63, 3.8) is 0 Å². The third-order valence-corrected chi connectivity index (χ3v) is 3.40. The van der Waals surface area contributed by atoms with Crippen LogP contribution in [0.25, 0.3) is 0 Å². The fourth-order valence-electron chi connectivity index (χ4n) is 2.32. The normalized spacial score (nSPS) is 19.2. The number of hydrogen-bond acceptors (Lipinski definition) is 3. The van der Waals surface area contributed by atoms with Crippen LogP contribution in [0.4, 0.5) is 0 Å². The van der Waals surface area contributed by atoms with Gasteiger partial charge in [-0.25, -0.2) is 0 Å². The van der Waals surface area contributed by atoms with Crippen LogP contribution in [0.1, 0.15) is 46.0 Å². The average molecular weight is 271 g/mol. The zero-order valence-corrected chi connectivity index (χ0v) is 12.4. The van der Waals surface area contributed by atoms with Crippen LogP contribution >= 0.6 is 0 Å². The number of guanidine groups is 1. The zero-order chi connectivity index (χ0) is 14.0. The zero-order valence-electron chi connectivity index (χ0n) is 12.4. The monoisotopic (exact) mass is 271 g/mol. The molecule has 0 unspecified atom stereocenters. The van der Waals surface area contributed by atoms with Gasteiger partial charge in [0.05, 0.1) is 18.8 Å². The largest absolute Gasteiger partial charge is 0.388 e. The minimum Gasteiger partial charge on any atom is -0.388 e. The maximum absolute atomic E-state index is 10.4. The van der Waals surface area contributed by atoms with E-state index >= 15 is 0 Å². The van der Waals surface area contributed by atoms with Crippen LogP contribution in [0.5, 0.6) is 0 Å². The molecule has 0 atom stereocenters. The number of aliphatic hydroxyl groups is 1. The highest BCUT2D eigenvalue weighted by molar-refractivity contribution is 5.79. The summed E-state index contributed by atoms with van der Waals surface area (Å²) in [7, 11) is 0. The molecule has 0 aromatic heterocycles. The maximum Gasteiger partial charge on any atom is 0.191 e. The van der Waals surface area contributed by atoms with Crippen molar-refractivity contribution in [1.82, 2.24) is 10.6 Å². The van der Waals surface area contributed by atoms with Crippen LogP contribution < -0.4 is 10.6 Å². The molecule has 1 aliphatic rings. The van der Waals surface area contributed by atoms with Crippen LogP contribution in [0.2, 0.25) is 0 Å². The first-order chi connectivity index (χ1) is 9.20. The van der Waals surface area contributed by atoms with Crippen molar-refractivity contribution < 1.29 is 9.84 Å². The Kier molecular flexibility index (Phi) is 7.82. The summed E-state index contributed by atoms with van der Waals surface area (Å²) in [6.45, 7) is 7.46. The standard InChI is InChI=1S/C14H29N3O2/c1-3-15-13(16-10-11-19-4-2)17-12-14(18)8-6-5-7-9-14/h18H,3-12H2,1-2H3,(H2,15,16,17). The van der Waals surface area contributed by atoms with E-state index in [1.54, 1.807) is 0 Å². The lowest BCUT2D eigenvalue weighted by Crippen LogP contribution is -2.41. The van der Waals surface area contributed by atoms with E-state index in [-0.39, 0.29) is 0 Å². The first-order valence-corrected chi connectivity index (χ1v) is 7.52. The first kappa shape index (κ1) is 16.2. The van der Waals surface area contributed by atoms with E-state index in [1.165, 1.54) is 6.42 Å². The lowest BCUT2D eigenvalue weighted by molar-refractivity contribution is 0.0131. The lowest BCUT2D eigenvalue weighted by atomic mass is 9.85. The number of hydrogen-bond donors (Lipinski definition) is 3. The second kappa shape index (κ2) is 9.15. The molecule has 0 radical (unpaired) electrons. The number of nitrogens with zero attached hydrogens (tertiary/aromatic N) is 1. The molecule has 0 amide bonds. The smallest absolute Gasteiger partial charge is 0.191 e. The van der Waals surface area contributed by atoms with E-state index in [0.717, 1.165) is 51.3 Å². The van der Waals surface area contributed by atoms with Crippen LogP contribution in [-0.4, -0.2) is 49.5 Å². The van der Waals surface area contributed by atoms with Crippen molar-refractivity contribution in [2.45, 2.75) is 51.6 Å². The summed E-state index contributed by atoms with van der Waals surface area (Å²) in [5.41, 5.74) is -0.597. The van der Waals surface area contributed by atoms with E-state index in [1.807, 2.05) is 13.8 Å². The van der Waals surface area contributed by atoms with Gasteiger partial charge in [-0.05, 0) is 26.7 Å². The highest BCUT2D eigenvalue weighted by atomic mass is 16.5. The molecule has 0 aromatic carbocycles. The third-order valence-electron chi connectivity index (χ3n) is 3.40. The van der Waals surface area contributed by atoms with Gasteiger partial charge in [0.25, 0.3) is 0 Å². The molecule has 1 saturated carbocycles. The van der Waals surface area contributed by atoms with Crippen LogP contribution in [0.3, 0.4) is 0 Å². The SMILES string of the molecule is CCNC(=NCC1(O)CCCCC1)NCCOCC. The maximum atomic E-state index is 10.4. The Morgan fingerprint density at radius 2 is 1.95 bits per heavy atom. The Bertz CT molecular complexity index is 263. The first-order valence-electron chi connectivity index (χ1n) is 7.52. The molecule has 5 nitrogen and oxygen atoms in total. The summed E-state index contributed by atoms with van der Waals surface area (Å²) >= 11 is 0. The van der Waals surface area contributed by atoms with Crippen molar-refractivity contribution in [2.75, 3.05) is 32.8 Å². The average Bonchev–Trinajstić information content (AvgIpc) is 2.42. The van der Waals surface area contributed by atoms with Gasteiger partial charge in [0.2, 0.25) is 0 Å². The Morgan fingerprint density at radius 1 is 1.21 bits per heavy atom. The van der Waals surface area contributed by atoms with Gasteiger partial charge >= 0.3 is 0 Å². The van der Waals surface area contributed by atoms with Gasteiger partial charge < -0.3 is 20.5 Å². The van der Waals surface area contributed by atoms with Crippen LogP contribution in [-0.2, 0) is 4.74 Å². The van der Waals surface area contributed by atoms with Crippen molar-refractivity contribution >= 4 is 5.96 Å². The second-order valence-corrected chi connectivity index (χ2v) is 5.10. The molecule has 0 aliphatic heterocycles. The predicted octanol–water partition coefficient (Wildman–Crippen LogP) is 1.27. The molecule has 3 N–H and O–H groups in total. The van der Waals surface area contributed by atoms with Gasteiger partial charge in [0, 0.05) is 19.7 Å². The van der Waals surface area contributed by atoms with Crippen LogP contribution in [0, 0.1) is 0 Å². The van der Waals surface area contributed by atoms with Crippen LogP contribution in [0.15, 0.2) is 4.99 Å². The fourth-order valence-corrected chi connectivity index (χ4v) is 2.32. The number of rotatable bonds is 7. The second-order valence-electron chi connectivity index (χ2n) is 5.10. The summed E-state index contributed by atoms with van der Waals surface area (Å²) in [6, 6.07) is 0. The van der Waals surface area contributed by atoms with Gasteiger partial charge in [-0.15, -0.1) is 0 Å². The van der Waals surface area contributed by atoms with E-state index in [9.17, 15) is 5.11 Å². The summed E-state index contributed by atoms with van der Waals surface area (Å²) in [6.07, 6.45) is 5.20. The summed E-state index contributed by atoms with van der Waals surface area (Å²) in [5.74, 6) is 0.765. The number of nitrogens with one attached hydrogen (secondary N) is 2. The molecule has 5 heteroatoms. The molecule has 0 heterocycles. The number of aliphatic imine (C=N–C) groups is 1. The van der Waals surface area contributed by atoms with Gasteiger partial charge in [0.1, 0.15) is 0 Å². The van der Waals surface area contributed by atoms with Gasteiger partial charge in [-0.1, -0.05) is 19.3 Å². The quantitative estimate of drug-likeness (QED) is 0.371.